The van der Waals surface area contributed by atoms with Gasteiger partial charge in [-0.2, -0.15) is 0 Å². The summed E-state index contributed by atoms with van der Waals surface area (Å²) in [6.45, 7) is 8.50. The highest BCUT2D eigenvalue weighted by atomic mass is 16.5. The van der Waals surface area contributed by atoms with E-state index in [0.717, 1.165) is 51.6 Å². The van der Waals surface area contributed by atoms with Crippen LogP contribution in [0.25, 0.3) is 0 Å². The van der Waals surface area contributed by atoms with Gasteiger partial charge in [0.2, 0.25) is 0 Å². The summed E-state index contributed by atoms with van der Waals surface area (Å²) in [5.41, 5.74) is 2.42. The van der Waals surface area contributed by atoms with Gasteiger partial charge in [-0.1, -0.05) is 19.4 Å². The lowest BCUT2D eigenvalue weighted by Gasteiger charge is -2.33. The average Bonchev–Trinajstić information content (AvgIpc) is 2.67. The zero-order valence-corrected chi connectivity index (χ0v) is 15.6. The Morgan fingerprint density at radius 1 is 1.36 bits per heavy atom. The van der Waals surface area contributed by atoms with Crippen LogP contribution in [0.4, 0.5) is 5.69 Å². The number of rotatable bonds is 8. The lowest BCUT2D eigenvalue weighted by atomic mass is 9.92. The first-order valence-electron chi connectivity index (χ1n) is 9.63. The van der Waals surface area contributed by atoms with Crippen LogP contribution in [-0.4, -0.2) is 52.6 Å². The molecule has 0 bridgehead atoms. The van der Waals surface area contributed by atoms with E-state index in [0.29, 0.717) is 18.6 Å². The SMILES string of the molecule is CC[C@H]1CCNC[C@@H]1OCc1ccc2c(c1)N(CCCOC)CCO2. The molecular formula is C20H32N2O3. The number of nitrogens with zero attached hydrogens (tertiary/aromatic N) is 1. The highest BCUT2D eigenvalue weighted by Crippen LogP contribution is 2.33. The zero-order valence-electron chi connectivity index (χ0n) is 15.6. The first kappa shape index (κ1) is 18.5. The van der Waals surface area contributed by atoms with Gasteiger partial charge in [-0.05, 0) is 43.0 Å². The highest BCUT2D eigenvalue weighted by molar-refractivity contribution is 5.61. The molecule has 2 aliphatic rings. The maximum absolute atomic E-state index is 6.26. The maximum atomic E-state index is 6.26. The second-order valence-corrected chi connectivity index (χ2v) is 6.99. The number of methoxy groups -OCH3 is 1. The van der Waals surface area contributed by atoms with E-state index in [-0.39, 0.29) is 0 Å². The van der Waals surface area contributed by atoms with E-state index in [1.807, 2.05) is 0 Å². The number of hydrogen-bond donors (Lipinski definition) is 1. The second-order valence-electron chi connectivity index (χ2n) is 6.99. The molecule has 2 heterocycles. The van der Waals surface area contributed by atoms with Crippen LogP contribution in [0.15, 0.2) is 18.2 Å². The van der Waals surface area contributed by atoms with Gasteiger partial charge >= 0.3 is 0 Å². The monoisotopic (exact) mass is 348 g/mol. The van der Waals surface area contributed by atoms with Crippen LogP contribution < -0.4 is 15.0 Å². The molecular weight excluding hydrogens is 316 g/mol. The van der Waals surface area contributed by atoms with Gasteiger partial charge in [0.25, 0.3) is 0 Å². The van der Waals surface area contributed by atoms with Gasteiger partial charge in [-0.25, -0.2) is 0 Å². The quantitative estimate of drug-likeness (QED) is 0.732. The summed E-state index contributed by atoms with van der Waals surface area (Å²) in [7, 11) is 1.76. The number of ether oxygens (including phenoxy) is 3. The van der Waals surface area contributed by atoms with Gasteiger partial charge < -0.3 is 24.4 Å². The summed E-state index contributed by atoms with van der Waals surface area (Å²) in [6, 6.07) is 6.46. The van der Waals surface area contributed by atoms with E-state index in [4.69, 9.17) is 14.2 Å². The van der Waals surface area contributed by atoms with Crippen molar-refractivity contribution < 1.29 is 14.2 Å². The molecule has 0 amide bonds. The van der Waals surface area contributed by atoms with Crippen molar-refractivity contribution in [2.45, 2.75) is 38.9 Å². The lowest BCUT2D eigenvalue weighted by Crippen LogP contribution is -2.41. The molecule has 3 rings (SSSR count). The number of nitrogens with one attached hydrogen (secondary N) is 1. The van der Waals surface area contributed by atoms with Gasteiger partial charge in [0.15, 0.2) is 0 Å². The van der Waals surface area contributed by atoms with Crippen LogP contribution in [-0.2, 0) is 16.1 Å². The fourth-order valence-electron chi connectivity index (χ4n) is 3.79. The smallest absolute Gasteiger partial charge is 0.142 e. The summed E-state index contributed by atoms with van der Waals surface area (Å²) in [5.74, 6) is 1.66. The van der Waals surface area contributed by atoms with Gasteiger partial charge in [-0.15, -0.1) is 0 Å². The van der Waals surface area contributed by atoms with Crippen molar-refractivity contribution in [2.24, 2.45) is 5.92 Å². The van der Waals surface area contributed by atoms with Gasteiger partial charge in [0, 0.05) is 26.8 Å². The van der Waals surface area contributed by atoms with E-state index >= 15 is 0 Å². The number of benzene rings is 1. The fourth-order valence-corrected chi connectivity index (χ4v) is 3.79. The Bertz CT molecular complexity index is 538. The van der Waals surface area contributed by atoms with E-state index in [9.17, 15) is 0 Å². The Labute approximate surface area is 151 Å². The van der Waals surface area contributed by atoms with Crippen molar-refractivity contribution in [3.63, 3.8) is 0 Å². The van der Waals surface area contributed by atoms with Crippen LogP contribution in [0.2, 0.25) is 0 Å². The summed E-state index contributed by atoms with van der Waals surface area (Å²) >= 11 is 0. The Morgan fingerprint density at radius 3 is 3.12 bits per heavy atom. The van der Waals surface area contributed by atoms with E-state index in [1.165, 1.54) is 24.1 Å². The molecule has 0 saturated carbocycles. The first-order chi connectivity index (χ1) is 12.3. The maximum Gasteiger partial charge on any atom is 0.142 e. The van der Waals surface area contributed by atoms with Gasteiger partial charge in [0.1, 0.15) is 12.4 Å². The first-order valence-corrected chi connectivity index (χ1v) is 9.63. The van der Waals surface area contributed by atoms with E-state index in [2.05, 4.69) is 35.3 Å². The van der Waals surface area contributed by atoms with Crippen LogP contribution in [0, 0.1) is 5.92 Å². The van der Waals surface area contributed by atoms with Crippen molar-refractivity contribution in [1.82, 2.24) is 5.32 Å². The molecule has 0 aliphatic carbocycles. The standard InChI is InChI=1S/C20H32N2O3/c1-3-17-7-8-21-14-20(17)25-15-16-5-6-19-18(13-16)22(10-12-24-19)9-4-11-23-2/h5-6,13,17,20-21H,3-4,7-12,14-15H2,1-2H3/t17-,20-/m0/s1. The van der Waals surface area contributed by atoms with Crippen LogP contribution in [0.1, 0.15) is 31.7 Å². The minimum absolute atomic E-state index is 0.323. The van der Waals surface area contributed by atoms with Crippen molar-refractivity contribution in [3.8, 4) is 5.75 Å². The third-order valence-electron chi connectivity index (χ3n) is 5.31. The largest absolute Gasteiger partial charge is 0.490 e. The molecule has 0 unspecified atom stereocenters. The minimum atomic E-state index is 0.323. The third kappa shape index (κ3) is 4.87. The Kier molecular flexibility index (Phi) is 6.96. The molecule has 2 atom stereocenters. The van der Waals surface area contributed by atoms with Gasteiger partial charge in [-0.3, -0.25) is 0 Å². The molecule has 0 spiro atoms. The van der Waals surface area contributed by atoms with Gasteiger partial charge in [0.05, 0.1) is 24.9 Å². The Balaban J connectivity index is 1.62. The van der Waals surface area contributed by atoms with E-state index < -0.39 is 0 Å². The summed E-state index contributed by atoms with van der Waals surface area (Å²) in [5, 5.41) is 3.46. The Hall–Kier alpha value is -1.30. The van der Waals surface area contributed by atoms with Crippen LogP contribution in [0.5, 0.6) is 5.75 Å². The molecule has 1 saturated heterocycles. The van der Waals surface area contributed by atoms with E-state index in [1.54, 1.807) is 7.11 Å². The highest BCUT2D eigenvalue weighted by Gasteiger charge is 2.24. The molecule has 140 valence electrons. The molecule has 1 fully saturated rings. The predicted octanol–water partition coefficient (Wildman–Crippen LogP) is 2.83. The van der Waals surface area contributed by atoms with Crippen molar-refractivity contribution in [1.29, 1.82) is 0 Å². The third-order valence-corrected chi connectivity index (χ3v) is 5.31. The molecule has 0 aromatic heterocycles. The molecule has 1 aromatic carbocycles. The normalized spacial score (nSPS) is 23.2. The predicted molar refractivity (Wildman–Crippen MR) is 100 cm³/mol. The Morgan fingerprint density at radius 2 is 2.28 bits per heavy atom. The number of anilines is 1. The molecule has 0 radical (unpaired) electrons. The molecule has 5 nitrogen and oxygen atoms in total. The van der Waals surface area contributed by atoms with Crippen molar-refractivity contribution in [2.75, 3.05) is 51.4 Å². The van der Waals surface area contributed by atoms with Crippen molar-refractivity contribution in [3.05, 3.63) is 23.8 Å². The molecule has 1 aromatic rings. The number of piperidine rings is 1. The minimum Gasteiger partial charge on any atom is -0.490 e. The zero-order chi connectivity index (χ0) is 17.5. The summed E-state index contributed by atoms with van der Waals surface area (Å²) < 4.78 is 17.3. The number of fused-ring (bicyclic) bond motifs is 1. The molecule has 2 aliphatic heterocycles. The van der Waals surface area contributed by atoms with Crippen molar-refractivity contribution >= 4 is 5.69 Å². The number of hydrogen-bond acceptors (Lipinski definition) is 5. The van der Waals surface area contributed by atoms with Crippen LogP contribution >= 0.6 is 0 Å². The summed E-state index contributed by atoms with van der Waals surface area (Å²) in [6.07, 6.45) is 3.76. The lowest BCUT2D eigenvalue weighted by molar-refractivity contribution is -0.0133. The molecule has 25 heavy (non-hydrogen) atoms. The topological polar surface area (TPSA) is 43.0 Å². The molecule has 5 heteroatoms. The van der Waals surface area contributed by atoms with Crippen LogP contribution in [0.3, 0.4) is 0 Å². The molecule has 1 N–H and O–H groups in total. The fraction of sp³-hybridized carbons (Fsp3) is 0.700. The second kappa shape index (κ2) is 9.41. The summed E-state index contributed by atoms with van der Waals surface area (Å²) in [4.78, 5) is 2.40. The average molecular weight is 348 g/mol.